The predicted octanol–water partition coefficient (Wildman–Crippen LogP) is 3.24. The molecule has 1 N–H and O–H groups in total. The van der Waals surface area contributed by atoms with Crippen LogP contribution in [0.15, 0.2) is 18.2 Å². The first-order valence-electron chi connectivity index (χ1n) is 4.55. The summed E-state index contributed by atoms with van der Waals surface area (Å²) < 4.78 is 0. The number of nitrogens with one attached hydrogen (secondary N) is 1. The van der Waals surface area contributed by atoms with Crippen molar-refractivity contribution >= 4 is 5.69 Å². The molecule has 0 aliphatic rings. The van der Waals surface area contributed by atoms with Crippen molar-refractivity contribution in [3.05, 3.63) is 29.3 Å². The fourth-order valence-corrected chi connectivity index (χ4v) is 1.41. The summed E-state index contributed by atoms with van der Waals surface area (Å²) in [5.41, 5.74) is 4.02. The maximum absolute atomic E-state index is 3.22. The topological polar surface area (TPSA) is 12.0 Å². The highest BCUT2D eigenvalue weighted by molar-refractivity contribution is 5.52. The van der Waals surface area contributed by atoms with Gasteiger partial charge in [0.2, 0.25) is 0 Å². The van der Waals surface area contributed by atoms with Crippen molar-refractivity contribution in [2.75, 3.05) is 12.4 Å². The lowest BCUT2D eigenvalue weighted by Crippen LogP contribution is -1.95. The summed E-state index contributed by atoms with van der Waals surface area (Å²) >= 11 is 0. The summed E-state index contributed by atoms with van der Waals surface area (Å²) in [6, 6.07) is 6.58. The normalized spacial score (nSPS) is 9.92. The van der Waals surface area contributed by atoms with Crippen molar-refractivity contribution in [2.24, 2.45) is 0 Å². The third-order valence-electron chi connectivity index (χ3n) is 2.05. The molecule has 0 aliphatic carbocycles. The van der Waals surface area contributed by atoms with Crippen LogP contribution in [-0.2, 0) is 6.42 Å². The average molecular weight is 165 g/mol. The van der Waals surface area contributed by atoms with E-state index in [1.165, 1.54) is 23.2 Å². The first-order chi connectivity index (χ1) is 5.77. The van der Waals surface area contributed by atoms with Crippen LogP contribution in [0.2, 0.25) is 0 Å². The van der Waals surface area contributed by atoms with Gasteiger partial charge in [-0.05, 0) is 30.5 Å². The lowest BCUT2D eigenvalue weighted by Gasteiger charge is -2.08. The number of hydrogen-bond acceptors (Lipinski definition) is 1. The molecular weight excluding hydrogens is 146 g/mol. The molecule has 1 aromatic carbocycles. The average Bonchev–Trinajstić information content (AvgIpc) is 2.08. The molecule has 68 valence electrons. The second kappa shape index (κ2) is 4.15. The van der Waals surface area contributed by atoms with Gasteiger partial charge < -0.3 is 5.32 Å². The largest absolute Gasteiger partial charge is 0.388 e. The lowest BCUT2D eigenvalue weighted by atomic mass is 10.1. The van der Waals surface area contributed by atoms with Gasteiger partial charge in [-0.25, -0.2) is 0 Å². The Morgan fingerprint density at radius 2 is 2.17 bits per heavy atom. The Morgan fingerprint density at radius 1 is 1.42 bits per heavy atom. The summed E-state index contributed by atoms with van der Waals surface area (Å²) in [4.78, 5) is 0. The molecule has 0 saturated carbocycles. The molecule has 0 spiro atoms. The summed E-state index contributed by atoms with van der Waals surface area (Å²) in [6.07, 6.45) is 2.37. The van der Waals surface area contributed by atoms with Crippen molar-refractivity contribution < 1.29 is 1.43 Å². The van der Waals surface area contributed by atoms with Crippen LogP contribution in [0.25, 0.3) is 0 Å². The van der Waals surface area contributed by atoms with Crippen molar-refractivity contribution in [1.29, 1.82) is 0 Å². The van der Waals surface area contributed by atoms with Crippen molar-refractivity contribution in [3.8, 4) is 0 Å². The summed E-state index contributed by atoms with van der Waals surface area (Å²) in [5.74, 6) is 0. The molecule has 0 aromatic heterocycles. The zero-order chi connectivity index (χ0) is 8.97. The number of benzene rings is 1. The fraction of sp³-hybridized carbons (Fsp3) is 0.455. The van der Waals surface area contributed by atoms with Crippen molar-refractivity contribution in [3.63, 3.8) is 0 Å². The van der Waals surface area contributed by atoms with E-state index in [2.05, 4.69) is 37.4 Å². The number of aryl methyl sites for hydroxylation is 2. The highest BCUT2D eigenvalue weighted by Crippen LogP contribution is 2.18. The Balaban J connectivity index is 0.00000144. The SMILES string of the molecule is CCCc1ccc(C)cc1NC.[HH]. The molecule has 1 heteroatoms. The Labute approximate surface area is 76.3 Å². The first kappa shape index (κ1) is 9.11. The van der Waals surface area contributed by atoms with Crippen LogP contribution >= 0.6 is 0 Å². The highest BCUT2D eigenvalue weighted by atomic mass is 14.8. The van der Waals surface area contributed by atoms with E-state index in [-0.39, 0.29) is 1.43 Å². The Morgan fingerprint density at radius 3 is 2.75 bits per heavy atom. The number of anilines is 1. The first-order valence-corrected chi connectivity index (χ1v) is 4.55. The Kier molecular flexibility index (Phi) is 3.15. The van der Waals surface area contributed by atoms with Gasteiger partial charge in [0.15, 0.2) is 0 Å². The van der Waals surface area contributed by atoms with E-state index in [9.17, 15) is 0 Å². The predicted molar refractivity (Wildman–Crippen MR) is 56.8 cm³/mol. The summed E-state index contributed by atoms with van der Waals surface area (Å²) in [7, 11) is 1.98. The zero-order valence-electron chi connectivity index (χ0n) is 8.15. The van der Waals surface area contributed by atoms with Crippen LogP contribution in [0.1, 0.15) is 25.9 Å². The minimum absolute atomic E-state index is 0. The summed E-state index contributed by atoms with van der Waals surface area (Å²) in [6.45, 7) is 4.33. The van der Waals surface area contributed by atoms with Gasteiger partial charge in [0.05, 0.1) is 0 Å². The molecule has 0 aliphatic heterocycles. The van der Waals surface area contributed by atoms with Crippen LogP contribution in [-0.4, -0.2) is 7.05 Å². The van der Waals surface area contributed by atoms with E-state index < -0.39 is 0 Å². The molecule has 0 fully saturated rings. The van der Waals surface area contributed by atoms with Gasteiger partial charge in [-0.3, -0.25) is 0 Å². The van der Waals surface area contributed by atoms with Gasteiger partial charge >= 0.3 is 0 Å². The maximum atomic E-state index is 3.22. The molecule has 0 bridgehead atoms. The molecular formula is C11H19N. The molecule has 0 unspecified atom stereocenters. The molecule has 0 radical (unpaired) electrons. The van der Waals surface area contributed by atoms with E-state index in [0.717, 1.165) is 6.42 Å². The molecule has 0 amide bonds. The smallest absolute Gasteiger partial charge is 0.0372 e. The van der Waals surface area contributed by atoms with Gasteiger partial charge in [0.1, 0.15) is 0 Å². The van der Waals surface area contributed by atoms with E-state index in [0.29, 0.717) is 0 Å². The number of hydrogen-bond donors (Lipinski definition) is 1. The van der Waals surface area contributed by atoms with E-state index in [1.807, 2.05) is 7.05 Å². The molecule has 0 heterocycles. The third kappa shape index (κ3) is 2.00. The highest BCUT2D eigenvalue weighted by Gasteiger charge is 1.98. The maximum Gasteiger partial charge on any atom is 0.0372 e. The van der Waals surface area contributed by atoms with Crippen molar-refractivity contribution in [2.45, 2.75) is 26.7 Å². The van der Waals surface area contributed by atoms with Crippen LogP contribution in [0.3, 0.4) is 0 Å². The van der Waals surface area contributed by atoms with Gasteiger partial charge in [0.25, 0.3) is 0 Å². The molecule has 0 atom stereocenters. The lowest BCUT2D eigenvalue weighted by molar-refractivity contribution is 0.922. The quantitative estimate of drug-likeness (QED) is 0.725. The molecule has 12 heavy (non-hydrogen) atoms. The second-order valence-corrected chi connectivity index (χ2v) is 3.16. The van der Waals surface area contributed by atoms with Crippen LogP contribution in [0, 0.1) is 6.92 Å². The minimum atomic E-state index is 0. The Bertz CT molecular complexity index is 258. The third-order valence-corrected chi connectivity index (χ3v) is 2.05. The molecule has 1 rings (SSSR count). The van der Waals surface area contributed by atoms with E-state index in [4.69, 9.17) is 0 Å². The van der Waals surface area contributed by atoms with E-state index >= 15 is 0 Å². The van der Waals surface area contributed by atoms with E-state index in [1.54, 1.807) is 0 Å². The fourth-order valence-electron chi connectivity index (χ4n) is 1.41. The van der Waals surface area contributed by atoms with Crippen molar-refractivity contribution in [1.82, 2.24) is 0 Å². The van der Waals surface area contributed by atoms with Crippen LogP contribution in [0.4, 0.5) is 5.69 Å². The van der Waals surface area contributed by atoms with Gasteiger partial charge in [0, 0.05) is 14.2 Å². The molecule has 0 saturated heterocycles. The number of rotatable bonds is 3. The van der Waals surface area contributed by atoms with Gasteiger partial charge in [-0.1, -0.05) is 25.5 Å². The second-order valence-electron chi connectivity index (χ2n) is 3.16. The molecule has 1 nitrogen and oxygen atoms in total. The minimum Gasteiger partial charge on any atom is -0.388 e. The Hall–Kier alpha value is -0.980. The molecule has 1 aromatic rings. The van der Waals surface area contributed by atoms with Gasteiger partial charge in [-0.2, -0.15) is 0 Å². The van der Waals surface area contributed by atoms with Crippen LogP contribution < -0.4 is 5.32 Å². The summed E-state index contributed by atoms with van der Waals surface area (Å²) in [5, 5.41) is 3.22. The van der Waals surface area contributed by atoms with Crippen LogP contribution in [0.5, 0.6) is 0 Å². The standard InChI is InChI=1S/C11H17N.H2/c1-4-5-10-7-6-9(2)8-11(10)12-3;/h6-8,12H,4-5H2,1-3H3;1H. The van der Waals surface area contributed by atoms with Gasteiger partial charge in [-0.15, -0.1) is 0 Å². The monoisotopic (exact) mass is 165 g/mol. The zero-order valence-corrected chi connectivity index (χ0v) is 8.15.